The van der Waals surface area contributed by atoms with Gasteiger partial charge in [-0.05, 0) is 12.1 Å². The molecule has 2 aliphatic heterocycles. The Morgan fingerprint density at radius 2 is 1.88 bits per heavy atom. The Hall–Kier alpha value is -2.41. The van der Waals surface area contributed by atoms with E-state index in [0.717, 1.165) is 24.5 Å². The van der Waals surface area contributed by atoms with Crippen molar-refractivity contribution in [3.8, 4) is 17.2 Å². The van der Waals surface area contributed by atoms with Crippen LogP contribution in [-0.4, -0.2) is 57.3 Å². The lowest BCUT2D eigenvalue weighted by atomic mass is 10.2. The van der Waals surface area contributed by atoms with Crippen LogP contribution in [0.2, 0.25) is 0 Å². The molecule has 0 saturated carbocycles. The van der Waals surface area contributed by atoms with Crippen molar-refractivity contribution in [2.24, 2.45) is 0 Å². The molecule has 0 unspecified atom stereocenters. The van der Waals surface area contributed by atoms with Gasteiger partial charge in [0, 0.05) is 31.6 Å². The average Bonchev–Trinajstić information content (AvgIpc) is 3.11. The van der Waals surface area contributed by atoms with Gasteiger partial charge in [-0.1, -0.05) is 12.1 Å². The molecule has 0 N–H and O–H groups in total. The number of rotatable bonds is 3. The summed E-state index contributed by atoms with van der Waals surface area (Å²) in [5.74, 6) is 2.18. The largest absolute Gasteiger partial charge is 0.495 e. The number of anilines is 1. The van der Waals surface area contributed by atoms with Crippen LogP contribution >= 0.6 is 11.3 Å². The van der Waals surface area contributed by atoms with Crippen LogP contribution in [0, 0.1) is 0 Å². The molecule has 0 radical (unpaired) electrons. The number of methoxy groups -OCH3 is 1. The zero-order chi connectivity index (χ0) is 17.2. The zero-order valence-electron chi connectivity index (χ0n) is 14.1. The summed E-state index contributed by atoms with van der Waals surface area (Å²) in [7, 11) is 1.68. The van der Waals surface area contributed by atoms with Crippen molar-refractivity contribution in [2.45, 2.75) is 0 Å². The van der Waals surface area contributed by atoms with E-state index in [9.17, 15) is 4.79 Å². The lowest BCUT2D eigenvalue weighted by molar-refractivity contribution is 0.0743. The maximum atomic E-state index is 12.9. The molecule has 1 fully saturated rings. The molecule has 0 bridgehead atoms. The maximum Gasteiger partial charge on any atom is 0.268 e. The first-order valence-corrected chi connectivity index (χ1v) is 9.20. The van der Waals surface area contributed by atoms with Gasteiger partial charge in [0.1, 0.15) is 23.8 Å². The molecule has 4 rings (SSSR count). The van der Waals surface area contributed by atoms with Crippen LogP contribution in [0.3, 0.4) is 0 Å². The molecule has 0 atom stereocenters. The van der Waals surface area contributed by atoms with E-state index in [1.807, 2.05) is 28.5 Å². The molecular formula is C18H20N2O4S. The first kappa shape index (κ1) is 16.1. The van der Waals surface area contributed by atoms with E-state index in [-0.39, 0.29) is 5.91 Å². The zero-order valence-corrected chi connectivity index (χ0v) is 14.9. The molecule has 1 saturated heterocycles. The molecule has 0 spiro atoms. The first-order chi connectivity index (χ1) is 12.3. The highest BCUT2D eigenvalue weighted by atomic mass is 32.1. The highest BCUT2D eigenvalue weighted by Gasteiger charge is 2.29. The van der Waals surface area contributed by atoms with Gasteiger partial charge in [-0.25, -0.2) is 0 Å². The fourth-order valence-electron chi connectivity index (χ4n) is 3.20. The summed E-state index contributed by atoms with van der Waals surface area (Å²) < 4.78 is 16.6. The summed E-state index contributed by atoms with van der Waals surface area (Å²) in [4.78, 5) is 17.6. The third-order valence-corrected chi connectivity index (χ3v) is 5.42. The lowest BCUT2D eigenvalue weighted by Crippen LogP contribution is -2.48. The van der Waals surface area contributed by atoms with Crippen molar-refractivity contribution in [1.82, 2.24) is 4.90 Å². The van der Waals surface area contributed by atoms with Gasteiger partial charge in [0.15, 0.2) is 11.5 Å². The Labute approximate surface area is 150 Å². The SMILES string of the molecule is COc1ccccc1N1CCN(C(=O)c2scc3c2OCCO3)CC1. The lowest BCUT2D eigenvalue weighted by Gasteiger charge is -2.36. The minimum atomic E-state index is 0.0245. The maximum absolute atomic E-state index is 12.9. The second-order valence-corrected chi connectivity index (χ2v) is 6.79. The Morgan fingerprint density at radius 3 is 2.68 bits per heavy atom. The Morgan fingerprint density at radius 1 is 1.12 bits per heavy atom. The monoisotopic (exact) mass is 360 g/mol. The van der Waals surface area contributed by atoms with Crippen LogP contribution in [-0.2, 0) is 0 Å². The average molecular weight is 360 g/mol. The normalized spacial score (nSPS) is 16.7. The molecule has 1 amide bonds. The minimum Gasteiger partial charge on any atom is -0.495 e. The van der Waals surface area contributed by atoms with Crippen LogP contribution in [0.5, 0.6) is 17.2 Å². The summed E-state index contributed by atoms with van der Waals surface area (Å²) in [6, 6.07) is 7.98. The number of nitrogens with zero attached hydrogens (tertiary/aromatic N) is 2. The molecular weight excluding hydrogens is 340 g/mol. The fourth-order valence-corrected chi connectivity index (χ4v) is 4.09. The highest BCUT2D eigenvalue weighted by Crippen LogP contribution is 2.40. The second-order valence-electron chi connectivity index (χ2n) is 5.91. The van der Waals surface area contributed by atoms with Gasteiger partial charge in [0.2, 0.25) is 0 Å². The van der Waals surface area contributed by atoms with Crippen molar-refractivity contribution in [1.29, 1.82) is 0 Å². The summed E-state index contributed by atoms with van der Waals surface area (Å²) in [5, 5.41) is 1.85. The number of thiophene rings is 1. The molecule has 3 heterocycles. The number of para-hydroxylation sites is 2. The van der Waals surface area contributed by atoms with Crippen molar-refractivity contribution in [3.05, 3.63) is 34.5 Å². The topological polar surface area (TPSA) is 51.2 Å². The third kappa shape index (κ3) is 3.00. The van der Waals surface area contributed by atoms with E-state index in [4.69, 9.17) is 14.2 Å². The molecule has 1 aromatic carbocycles. The third-order valence-electron chi connectivity index (χ3n) is 4.49. The smallest absolute Gasteiger partial charge is 0.268 e. The van der Waals surface area contributed by atoms with E-state index >= 15 is 0 Å². The number of hydrogen-bond donors (Lipinski definition) is 0. The molecule has 7 heteroatoms. The molecule has 25 heavy (non-hydrogen) atoms. The van der Waals surface area contributed by atoms with Crippen molar-refractivity contribution >= 4 is 22.9 Å². The van der Waals surface area contributed by atoms with Gasteiger partial charge in [-0.3, -0.25) is 4.79 Å². The first-order valence-electron chi connectivity index (χ1n) is 8.32. The second kappa shape index (κ2) is 6.84. The quantitative estimate of drug-likeness (QED) is 0.842. The summed E-state index contributed by atoms with van der Waals surface area (Å²) >= 11 is 1.40. The number of fused-ring (bicyclic) bond motifs is 1. The molecule has 2 aliphatic rings. The Balaban J connectivity index is 1.45. The number of benzene rings is 1. The van der Waals surface area contributed by atoms with Crippen LogP contribution in [0.15, 0.2) is 29.6 Å². The van der Waals surface area contributed by atoms with E-state index < -0.39 is 0 Å². The van der Waals surface area contributed by atoms with Crippen molar-refractivity contribution in [2.75, 3.05) is 51.4 Å². The molecule has 2 aromatic rings. The number of carbonyl (C=O) groups excluding carboxylic acids is 1. The standard InChI is InChI=1S/C18H20N2O4S/c1-22-14-5-3-2-4-13(14)19-6-8-20(9-7-19)18(21)17-16-15(12-25-17)23-10-11-24-16/h2-5,12H,6-11H2,1H3. The van der Waals surface area contributed by atoms with Gasteiger partial charge < -0.3 is 24.0 Å². The number of hydrogen-bond acceptors (Lipinski definition) is 6. The summed E-state index contributed by atoms with van der Waals surface area (Å²) in [6.07, 6.45) is 0. The summed E-state index contributed by atoms with van der Waals surface area (Å²) in [5.41, 5.74) is 1.07. The van der Waals surface area contributed by atoms with Crippen LogP contribution in [0.1, 0.15) is 9.67 Å². The number of ether oxygens (including phenoxy) is 3. The number of amides is 1. The van der Waals surface area contributed by atoms with Crippen LogP contribution in [0.4, 0.5) is 5.69 Å². The van der Waals surface area contributed by atoms with Gasteiger partial charge in [0.05, 0.1) is 12.8 Å². The van der Waals surface area contributed by atoms with Crippen molar-refractivity contribution in [3.63, 3.8) is 0 Å². The van der Waals surface area contributed by atoms with Gasteiger partial charge in [0.25, 0.3) is 5.91 Å². The van der Waals surface area contributed by atoms with E-state index in [1.165, 1.54) is 11.3 Å². The Bertz CT molecular complexity index is 768. The highest BCUT2D eigenvalue weighted by molar-refractivity contribution is 7.12. The van der Waals surface area contributed by atoms with Crippen LogP contribution < -0.4 is 19.1 Å². The van der Waals surface area contributed by atoms with Gasteiger partial charge >= 0.3 is 0 Å². The molecule has 0 aliphatic carbocycles. The van der Waals surface area contributed by atoms with Crippen molar-refractivity contribution < 1.29 is 19.0 Å². The van der Waals surface area contributed by atoms with Crippen LogP contribution in [0.25, 0.3) is 0 Å². The van der Waals surface area contributed by atoms with Gasteiger partial charge in [-0.15, -0.1) is 11.3 Å². The number of carbonyl (C=O) groups is 1. The predicted octanol–water partition coefficient (Wildman–Crippen LogP) is 2.49. The molecule has 1 aromatic heterocycles. The van der Waals surface area contributed by atoms with E-state index in [1.54, 1.807) is 7.11 Å². The fraction of sp³-hybridized carbons (Fsp3) is 0.389. The molecule has 132 valence electrons. The number of piperazine rings is 1. The predicted molar refractivity (Wildman–Crippen MR) is 96.4 cm³/mol. The summed E-state index contributed by atoms with van der Waals surface area (Å²) in [6.45, 7) is 3.92. The molecule has 6 nitrogen and oxygen atoms in total. The van der Waals surface area contributed by atoms with E-state index in [0.29, 0.717) is 42.7 Å². The van der Waals surface area contributed by atoms with E-state index in [2.05, 4.69) is 11.0 Å². The Kier molecular flexibility index (Phi) is 4.40. The minimum absolute atomic E-state index is 0.0245. The van der Waals surface area contributed by atoms with Gasteiger partial charge in [-0.2, -0.15) is 0 Å².